The van der Waals surface area contributed by atoms with Gasteiger partial charge in [0.25, 0.3) is 0 Å². The minimum absolute atomic E-state index is 0.110. The van der Waals surface area contributed by atoms with Crippen LogP contribution >= 0.6 is 15.9 Å². The lowest BCUT2D eigenvalue weighted by molar-refractivity contribution is 0.0993. The van der Waals surface area contributed by atoms with Crippen molar-refractivity contribution in [3.8, 4) is 0 Å². The highest BCUT2D eigenvalue weighted by Gasteiger charge is 2.07. The number of nitrogens with zero attached hydrogens (tertiary/aromatic N) is 1. The summed E-state index contributed by atoms with van der Waals surface area (Å²) in [5.74, 6) is 0.110. The van der Waals surface area contributed by atoms with E-state index in [4.69, 9.17) is 0 Å². The van der Waals surface area contributed by atoms with Gasteiger partial charge in [0.05, 0.1) is 11.1 Å². The summed E-state index contributed by atoms with van der Waals surface area (Å²) in [5.41, 5.74) is 0.735. The van der Waals surface area contributed by atoms with E-state index in [9.17, 15) is 4.79 Å². The van der Waals surface area contributed by atoms with Crippen LogP contribution in [0.5, 0.6) is 0 Å². The number of halogens is 1. The monoisotopic (exact) mass is 230 g/mol. The highest BCUT2D eigenvalue weighted by Crippen LogP contribution is 2.13. The average molecular weight is 231 g/mol. The minimum Gasteiger partial charge on any atom is -0.345 e. The number of Topliss-reactive ketones (excluding diaryl/α,β-unsaturated/α-hetero) is 1. The van der Waals surface area contributed by atoms with Crippen LogP contribution in [-0.4, -0.2) is 23.9 Å². The van der Waals surface area contributed by atoms with E-state index >= 15 is 0 Å². The first-order valence-electron chi connectivity index (χ1n) is 3.65. The highest BCUT2D eigenvalue weighted by atomic mass is 79.9. The van der Waals surface area contributed by atoms with Gasteiger partial charge in [-0.1, -0.05) is 0 Å². The summed E-state index contributed by atoms with van der Waals surface area (Å²) in [7, 11) is 3.65. The van der Waals surface area contributed by atoms with Crippen molar-refractivity contribution < 1.29 is 4.79 Å². The maximum absolute atomic E-state index is 11.3. The molecule has 0 unspecified atom stereocenters. The molecule has 0 amide bonds. The number of carbonyl (C=O) groups is 1. The molecule has 0 radical (unpaired) electrons. The Balaban J connectivity index is 2.82. The molecule has 3 nitrogen and oxygen atoms in total. The number of carbonyl (C=O) groups excluding carboxylic acids is 1. The largest absolute Gasteiger partial charge is 0.345 e. The Labute approximate surface area is 79.9 Å². The van der Waals surface area contributed by atoms with Gasteiger partial charge < -0.3 is 9.88 Å². The molecule has 0 spiro atoms. The first kappa shape index (κ1) is 9.48. The predicted molar refractivity (Wildman–Crippen MR) is 51.4 cm³/mol. The molecular weight excluding hydrogens is 220 g/mol. The highest BCUT2D eigenvalue weighted by molar-refractivity contribution is 9.10. The summed E-state index contributed by atoms with van der Waals surface area (Å²) in [6.07, 6.45) is 1.81. The molecule has 0 saturated carbocycles. The SMILES string of the molecule is CNCC(=O)c1cc(Br)n(C)c1. The zero-order valence-electron chi connectivity index (χ0n) is 7.10. The summed E-state index contributed by atoms with van der Waals surface area (Å²) in [4.78, 5) is 11.3. The van der Waals surface area contributed by atoms with Crippen molar-refractivity contribution in [1.29, 1.82) is 0 Å². The molecule has 0 atom stereocenters. The van der Waals surface area contributed by atoms with Crippen molar-refractivity contribution in [3.05, 3.63) is 22.4 Å². The molecule has 0 aliphatic carbocycles. The minimum atomic E-state index is 0.110. The van der Waals surface area contributed by atoms with Crippen LogP contribution in [0.2, 0.25) is 0 Å². The fourth-order valence-corrected chi connectivity index (χ4v) is 1.30. The molecule has 0 aromatic carbocycles. The van der Waals surface area contributed by atoms with Crippen LogP contribution in [0.15, 0.2) is 16.9 Å². The predicted octanol–water partition coefficient (Wildman–Crippen LogP) is 1.19. The first-order chi connectivity index (χ1) is 5.65. The summed E-state index contributed by atoms with van der Waals surface area (Å²) >= 11 is 3.33. The van der Waals surface area contributed by atoms with E-state index in [0.29, 0.717) is 6.54 Å². The standard InChI is InChI=1S/C8H11BrN2O/c1-10-4-7(12)6-3-8(9)11(2)5-6/h3,5,10H,4H2,1-2H3. The van der Waals surface area contributed by atoms with Crippen molar-refractivity contribution in [3.63, 3.8) is 0 Å². The molecular formula is C8H11BrN2O. The zero-order valence-corrected chi connectivity index (χ0v) is 8.68. The third-order valence-electron chi connectivity index (χ3n) is 1.60. The van der Waals surface area contributed by atoms with Crippen molar-refractivity contribution in [2.24, 2.45) is 7.05 Å². The van der Waals surface area contributed by atoms with Crippen molar-refractivity contribution in [2.45, 2.75) is 0 Å². The van der Waals surface area contributed by atoms with Gasteiger partial charge in [-0.05, 0) is 29.0 Å². The molecule has 4 heteroatoms. The van der Waals surface area contributed by atoms with Gasteiger partial charge in [0.2, 0.25) is 0 Å². The summed E-state index contributed by atoms with van der Waals surface area (Å²) < 4.78 is 2.78. The number of hydrogen-bond acceptors (Lipinski definition) is 2. The number of rotatable bonds is 3. The van der Waals surface area contributed by atoms with Crippen LogP contribution in [0.1, 0.15) is 10.4 Å². The molecule has 0 bridgehead atoms. The molecule has 0 aliphatic rings. The van der Waals surface area contributed by atoms with Crippen molar-refractivity contribution >= 4 is 21.7 Å². The lowest BCUT2D eigenvalue weighted by atomic mass is 10.2. The van der Waals surface area contributed by atoms with Crippen molar-refractivity contribution in [2.75, 3.05) is 13.6 Å². The molecule has 0 aliphatic heterocycles. The van der Waals surface area contributed by atoms with Crippen LogP contribution in [0.3, 0.4) is 0 Å². The normalized spacial score (nSPS) is 10.2. The fraction of sp³-hybridized carbons (Fsp3) is 0.375. The molecule has 12 heavy (non-hydrogen) atoms. The maximum atomic E-state index is 11.3. The van der Waals surface area contributed by atoms with Gasteiger partial charge in [0.1, 0.15) is 0 Å². The number of ketones is 1. The van der Waals surface area contributed by atoms with Crippen LogP contribution < -0.4 is 5.32 Å². The average Bonchev–Trinajstić information content (AvgIpc) is 2.33. The quantitative estimate of drug-likeness (QED) is 0.793. The zero-order chi connectivity index (χ0) is 9.14. The van der Waals surface area contributed by atoms with Gasteiger partial charge in [-0.2, -0.15) is 0 Å². The van der Waals surface area contributed by atoms with Gasteiger partial charge >= 0.3 is 0 Å². The van der Waals surface area contributed by atoms with E-state index in [1.54, 1.807) is 7.05 Å². The van der Waals surface area contributed by atoms with Gasteiger partial charge in [0, 0.05) is 18.8 Å². The molecule has 0 fully saturated rings. The van der Waals surface area contributed by atoms with Crippen molar-refractivity contribution in [1.82, 2.24) is 9.88 Å². The fourth-order valence-electron chi connectivity index (χ4n) is 0.953. The topological polar surface area (TPSA) is 34.0 Å². The third-order valence-corrected chi connectivity index (χ3v) is 2.39. The van der Waals surface area contributed by atoms with Gasteiger partial charge in [0.15, 0.2) is 5.78 Å². The molecule has 1 aromatic rings. The summed E-state index contributed by atoms with van der Waals surface area (Å²) in [6.45, 7) is 0.385. The second-order valence-electron chi connectivity index (χ2n) is 2.62. The molecule has 66 valence electrons. The van der Waals surface area contributed by atoms with E-state index in [0.717, 1.165) is 10.2 Å². The Bertz CT molecular complexity index is 274. The smallest absolute Gasteiger partial charge is 0.178 e. The van der Waals surface area contributed by atoms with E-state index in [1.807, 2.05) is 23.9 Å². The van der Waals surface area contributed by atoms with Crippen LogP contribution in [0, 0.1) is 0 Å². The number of likely N-dealkylation sites (N-methyl/N-ethyl adjacent to an activating group) is 1. The van der Waals surface area contributed by atoms with Crippen LogP contribution in [-0.2, 0) is 7.05 Å². The van der Waals surface area contributed by atoms with Gasteiger partial charge in [-0.25, -0.2) is 0 Å². The maximum Gasteiger partial charge on any atom is 0.178 e. The van der Waals surface area contributed by atoms with E-state index in [-0.39, 0.29) is 5.78 Å². The second kappa shape index (κ2) is 3.87. The van der Waals surface area contributed by atoms with Gasteiger partial charge in [-0.3, -0.25) is 4.79 Å². The van der Waals surface area contributed by atoms with Crippen LogP contribution in [0.25, 0.3) is 0 Å². The molecule has 1 heterocycles. The number of hydrogen-bond donors (Lipinski definition) is 1. The molecule has 0 saturated heterocycles. The van der Waals surface area contributed by atoms with E-state index < -0.39 is 0 Å². The van der Waals surface area contributed by atoms with Crippen LogP contribution in [0.4, 0.5) is 0 Å². The number of aromatic nitrogens is 1. The van der Waals surface area contributed by atoms with Gasteiger partial charge in [-0.15, -0.1) is 0 Å². The number of aryl methyl sites for hydroxylation is 1. The second-order valence-corrected chi connectivity index (χ2v) is 3.43. The molecule has 1 aromatic heterocycles. The molecule has 1 rings (SSSR count). The third kappa shape index (κ3) is 1.95. The Morgan fingerprint density at radius 3 is 2.83 bits per heavy atom. The lowest BCUT2D eigenvalue weighted by Crippen LogP contribution is -2.17. The Morgan fingerprint density at radius 1 is 1.75 bits per heavy atom. The van der Waals surface area contributed by atoms with E-state index in [1.165, 1.54) is 0 Å². The number of nitrogens with one attached hydrogen (secondary N) is 1. The lowest BCUT2D eigenvalue weighted by Gasteiger charge is -1.94. The first-order valence-corrected chi connectivity index (χ1v) is 4.44. The Morgan fingerprint density at radius 2 is 2.42 bits per heavy atom. The Hall–Kier alpha value is -0.610. The van der Waals surface area contributed by atoms with E-state index in [2.05, 4.69) is 21.2 Å². The summed E-state index contributed by atoms with van der Waals surface area (Å²) in [5, 5.41) is 2.82. The molecule has 1 N–H and O–H groups in total. The summed E-state index contributed by atoms with van der Waals surface area (Å²) in [6, 6.07) is 1.82. The Kier molecular flexibility index (Phi) is 3.05.